The molecule has 2 heteroatoms. The number of hydrogen-bond acceptors (Lipinski definition) is 2. The molecule has 0 radical (unpaired) electrons. The molecule has 1 aliphatic heterocycles. The molecule has 64 valence electrons. The molecule has 0 aromatic heterocycles. The highest BCUT2D eigenvalue weighted by Gasteiger charge is 2.06. The summed E-state index contributed by atoms with van der Waals surface area (Å²) in [5.74, 6) is 0.459. The maximum atomic E-state index is 11.1. The minimum atomic E-state index is 0.459. The lowest BCUT2D eigenvalue weighted by Crippen LogP contribution is -2.20. The highest BCUT2D eigenvalue weighted by Crippen LogP contribution is 2.06. The van der Waals surface area contributed by atoms with Crippen LogP contribution < -0.4 is 0 Å². The van der Waals surface area contributed by atoms with Gasteiger partial charge in [0.15, 0.2) is 0 Å². The molecular weight excluding hydrogens is 138 g/mol. The lowest BCUT2D eigenvalue weighted by molar-refractivity contribution is -0.119. The van der Waals surface area contributed by atoms with Crippen molar-refractivity contribution in [3.05, 3.63) is 0 Å². The van der Waals surface area contributed by atoms with Crippen LogP contribution in [0.15, 0.2) is 0 Å². The van der Waals surface area contributed by atoms with Gasteiger partial charge in [0.25, 0.3) is 0 Å². The van der Waals surface area contributed by atoms with Crippen LogP contribution in [0.1, 0.15) is 32.1 Å². The zero-order valence-electron chi connectivity index (χ0n) is 7.31. The number of Topliss-reactive ketones (excluding diaryl/α,β-unsaturated/α-hetero) is 1. The van der Waals surface area contributed by atoms with Crippen molar-refractivity contribution in [1.29, 1.82) is 0 Å². The van der Waals surface area contributed by atoms with Gasteiger partial charge in [0.1, 0.15) is 5.78 Å². The quantitative estimate of drug-likeness (QED) is 0.527. The predicted octanol–water partition coefficient (Wildman–Crippen LogP) is 1.45. The topological polar surface area (TPSA) is 20.3 Å². The first kappa shape index (κ1) is 8.72. The molecule has 1 heterocycles. The van der Waals surface area contributed by atoms with Crippen molar-refractivity contribution in [2.24, 2.45) is 0 Å². The Hall–Kier alpha value is -0.370. The number of rotatable bonds is 0. The summed E-state index contributed by atoms with van der Waals surface area (Å²) >= 11 is 0. The van der Waals surface area contributed by atoms with Crippen molar-refractivity contribution < 1.29 is 4.79 Å². The molecule has 0 aromatic rings. The van der Waals surface area contributed by atoms with Crippen LogP contribution in [-0.4, -0.2) is 30.8 Å². The van der Waals surface area contributed by atoms with Crippen molar-refractivity contribution in [3.63, 3.8) is 0 Å². The van der Waals surface area contributed by atoms with Gasteiger partial charge in [-0.2, -0.15) is 0 Å². The molecule has 0 spiro atoms. The molecule has 0 bridgehead atoms. The van der Waals surface area contributed by atoms with Gasteiger partial charge in [-0.1, -0.05) is 0 Å². The lowest BCUT2D eigenvalue weighted by atomic mass is 10.1. The molecule has 1 fully saturated rings. The summed E-state index contributed by atoms with van der Waals surface area (Å²) in [7, 11) is 2.13. The molecule has 1 aliphatic rings. The number of nitrogens with zero attached hydrogens (tertiary/aromatic N) is 1. The van der Waals surface area contributed by atoms with E-state index in [2.05, 4.69) is 11.9 Å². The molecule has 0 saturated carbocycles. The van der Waals surface area contributed by atoms with Gasteiger partial charge in [0.2, 0.25) is 0 Å². The summed E-state index contributed by atoms with van der Waals surface area (Å²) in [4.78, 5) is 13.4. The summed E-state index contributed by atoms with van der Waals surface area (Å²) in [5.41, 5.74) is 0. The molecule has 0 aromatic carbocycles. The molecule has 0 aliphatic carbocycles. The van der Waals surface area contributed by atoms with Crippen LogP contribution in [0.5, 0.6) is 0 Å². The van der Waals surface area contributed by atoms with Gasteiger partial charge in [0, 0.05) is 12.8 Å². The summed E-state index contributed by atoms with van der Waals surface area (Å²) in [6.07, 6.45) is 4.93. The third-order valence-electron chi connectivity index (χ3n) is 2.24. The van der Waals surface area contributed by atoms with E-state index in [0.29, 0.717) is 5.78 Å². The van der Waals surface area contributed by atoms with Gasteiger partial charge >= 0.3 is 0 Å². The summed E-state index contributed by atoms with van der Waals surface area (Å²) < 4.78 is 0. The zero-order valence-corrected chi connectivity index (χ0v) is 7.31. The number of ketones is 1. The molecule has 0 unspecified atom stereocenters. The van der Waals surface area contributed by atoms with Crippen molar-refractivity contribution in [2.75, 3.05) is 20.1 Å². The van der Waals surface area contributed by atoms with E-state index < -0.39 is 0 Å². The van der Waals surface area contributed by atoms with Crippen LogP contribution in [0.25, 0.3) is 0 Å². The Kier molecular flexibility index (Phi) is 3.57. The Morgan fingerprint density at radius 2 is 1.73 bits per heavy atom. The van der Waals surface area contributed by atoms with E-state index in [4.69, 9.17) is 0 Å². The van der Waals surface area contributed by atoms with E-state index in [1.165, 1.54) is 6.42 Å². The smallest absolute Gasteiger partial charge is 0.132 e. The highest BCUT2D eigenvalue weighted by molar-refractivity contribution is 5.78. The maximum Gasteiger partial charge on any atom is 0.132 e. The number of carbonyl (C=O) groups is 1. The first-order valence-electron chi connectivity index (χ1n) is 4.49. The predicted molar refractivity (Wildman–Crippen MR) is 45.6 cm³/mol. The third kappa shape index (κ3) is 3.51. The van der Waals surface area contributed by atoms with Gasteiger partial charge in [-0.05, 0) is 39.4 Å². The molecule has 2 nitrogen and oxygen atoms in total. The second kappa shape index (κ2) is 4.50. The SMILES string of the molecule is CN1CCCCC(=O)CCC1. The highest BCUT2D eigenvalue weighted by atomic mass is 16.1. The second-order valence-electron chi connectivity index (χ2n) is 3.40. The normalized spacial score (nSPS) is 23.9. The van der Waals surface area contributed by atoms with E-state index in [1.807, 2.05) is 0 Å². The van der Waals surface area contributed by atoms with Gasteiger partial charge < -0.3 is 4.90 Å². The van der Waals surface area contributed by atoms with Crippen LogP contribution in [0, 0.1) is 0 Å². The fraction of sp³-hybridized carbons (Fsp3) is 0.889. The first-order chi connectivity index (χ1) is 5.29. The van der Waals surface area contributed by atoms with E-state index in [0.717, 1.165) is 38.8 Å². The zero-order chi connectivity index (χ0) is 8.10. The van der Waals surface area contributed by atoms with Gasteiger partial charge in [-0.3, -0.25) is 4.79 Å². The van der Waals surface area contributed by atoms with E-state index in [1.54, 1.807) is 0 Å². The summed E-state index contributed by atoms with van der Waals surface area (Å²) in [5, 5.41) is 0. The molecule has 11 heavy (non-hydrogen) atoms. The van der Waals surface area contributed by atoms with Crippen LogP contribution in [0.3, 0.4) is 0 Å². The molecule has 1 rings (SSSR count). The van der Waals surface area contributed by atoms with Crippen molar-refractivity contribution in [3.8, 4) is 0 Å². The lowest BCUT2D eigenvalue weighted by Gasteiger charge is -2.13. The van der Waals surface area contributed by atoms with Gasteiger partial charge in [0.05, 0.1) is 0 Å². The maximum absolute atomic E-state index is 11.1. The molecule has 0 N–H and O–H groups in total. The van der Waals surface area contributed by atoms with Crippen molar-refractivity contribution in [2.45, 2.75) is 32.1 Å². The van der Waals surface area contributed by atoms with Crippen LogP contribution in [0.2, 0.25) is 0 Å². The van der Waals surface area contributed by atoms with Crippen LogP contribution in [-0.2, 0) is 4.79 Å². The molecule has 0 atom stereocenters. The van der Waals surface area contributed by atoms with Crippen LogP contribution in [0.4, 0.5) is 0 Å². The molecular formula is C9H17NO. The van der Waals surface area contributed by atoms with Crippen molar-refractivity contribution >= 4 is 5.78 Å². The number of carbonyl (C=O) groups excluding carboxylic acids is 1. The summed E-state index contributed by atoms with van der Waals surface area (Å²) in [6.45, 7) is 2.25. The Labute approximate surface area is 68.6 Å². The Balaban J connectivity index is 2.29. The van der Waals surface area contributed by atoms with E-state index in [-0.39, 0.29) is 0 Å². The van der Waals surface area contributed by atoms with E-state index >= 15 is 0 Å². The Morgan fingerprint density at radius 3 is 2.55 bits per heavy atom. The fourth-order valence-electron chi connectivity index (χ4n) is 1.49. The van der Waals surface area contributed by atoms with Crippen molar-refractivity contribution in [1.82, 2.24) is 4.90 Å². The van der Waals surface area contributed by atoms with E-state index in [9.17, 15) is 4.79 Å². The second-order valence-corrected chi connectivity index (χ2v) is 3.40. The third-order valence-corrected chi connectivity index (χ3v) is 2.24. The Bertz CT molecular complexity index is 134. The standard InChI is InChI=1S/C9H17NO/c1-10-7-3-2-5-9(11)6-4-8-10/h2-8H2,1H3. The molecule has 1 saturated heterocycles. The largest absolute Gasteiger partial charge is 0.306 e. The molecule has 0 amide bonds. The fourth-order valence-corrected chi connectivity index (χ4v) is 1.49. The van der Waals surface area contributed by atoms with Gasteiger partial charge in [-0.25, -0.2) is 0 Å². The minimum Gasteiger partial charge on any atom is -0.306 e. The summed E-state index contributed by atoms with van der Waals surface area (Å²) in [6, 6.07) is 0. The first-order valence-corrected chi connectivity index (χ1v) is 4.49. The monoisotopic (exact) mass is 155 g/mol. The number of hydrogen-bond donors (Lipinski definition) is 0. The Morgan fingerprint density at radius 1 is 1.09 bits per heavy atom. The average molecular weight is 155 g/mol. The minimum absolute atomic E-state index is 0.459. The van der Waals surface area contributed by atoms with Crippen LogP contribution >= 0.6 is 0 Å². The van der Waals surface area contributed by atoms with Gasteiger partial charge in [-0.15, -0.1) is 0 Å². The average Bonchev–Trinajstić information content (AvgIpc) is 2.04.